The molecule has 2 nitrogen and oxygen atoms in total. The maximum absolute atomic E-state index is 13.7. The van der Waals surface area contributed by atoms with Crippen molar-refractivity contribution in [2.24, 2.45) is 0 Å². The van der Waals surface area contributed by atoms with Crippen molar-refractivity contribution < 1.29 is 9.18 Å². The Hall–Kier alpha value is -2.16. The summed E-state index contributed by atoms with van der Waals surface area (Å²) in [7, 11) is 0. The monoisotopic (exact) mass is 339 g/mol. The van der Waals surface area contributed by atoms with E-state index in [1.807, 2.05) is 0 Å². The second kappa shape index (κ2) is 8.28. The Morgan fingerprint density at radius 1 is 1.12 bits per heavy atom. The second-order valence-corrected chi connectivity index (χ2v) is 6.86. The number of aryl methyl sites for hydroxylation is 3. The predicted octanol–water partition coefficient (Wildman–Crippen LogP) is 4.90. The van der Waals surface area contributed by atoms with Gasteiger partial charge < -0.3 is 5.32 Å². The van der Waals surface area contributed by atoms with Crippen molar-refractivity contribution in [3.05, 3.63) is 70.5 Å². The largest absolute Gasteiger partial charge is 0.349 e. The first-order valence-corrected chi connectivity index (χ1v) is 9.32. The molecule has 1 aliphatic carbocycles. The fraction of sp³-hybridized carbons (Fsp3) is 0.409. The quantitative estimate of drug-likeness (QED) is 0.796. The van der Waals surface area contributed by atoms with Gasteiger partial charge in [-0.2, -0.15) is 0 Å². The number of nitrogens with one attached hydrogen (secondary N) is 1. The van der Waals surface area contributed by atoms with Crippen LogP contribution >= 0.6 is 0 Å². The van der Waals surface area contributed by atoms with E-state index in [2.05, 4.69) is 30.4 Å². The minimum atomic E-state index is -0.239. The SMILES string of the molecule is CC[C@@H](NC(=O)CCc1ccccc1F)c1ccc2c(c1)CCCC2. The lowest BCUT2D eigenvalue weighted by Crippen LogP contribution is -2.28. The van der Waals surface area contributed by atoms with Crippen molar-refractivity contribution in [3.8, 4) is 0 Å². The topological polar surface area (TPSA) is 29.1 Å². The number of amides is 1. The Labute approximate surface area is 149 Å². The molecular formula is C22H26FNO. The molecule has 1 atom stereocenters. The Morgan fingerprint density at radius 2 is 1.88 bits per heavy atom. The van der Waals surface area contributed by atoms with Crippen LogP contribution in [0.1, 0.15) is 60.9 Å². The van der Waals surface area contributed by atoms with Crippen LogP contribution in [0.15, 0.2) is 42.5 Å². The zero-order valence-corrected chi connectivity index (χ0v) is 14.9. The van der Waals surface area contributed by atoms with Gasteiger partial charge >= 0.3 is 0 Å². The molecular weight excluding hydrogens is 313 g/mol. The Bertz CT molecular complexity index is 741. The number of carbonyl (C=O) groups excluding carboxylic acids is 1. The molecule has 0 radical (unpaired) electrons. The van der Waals surface area contributed by atoms with Gasteiger partial charge in [0.15, 0.2) is 0 Å². The standard InChI is InChI=1S/C22H26FNO/c1-2-21(19-12-11-16-7-3-4-9-18(16)15-19)24-22(25)14-13-17-8-5-6-10-20(17)23/h5-6,8,10-12,15,21H,2-4,7,9,13-14H2,1H3,(H,24,25)/t21-/m1/s1. The highest BCUT2D eigenvalue weighted by Crippen LogP contribution is 2.26. The highest BCUT2D eigenvalue weighted by Gasteiger charge is 2.16. The molecule has 0 fully saturated rings. The number of carbonyl (C=O) groups is 1. The van der Waals surface area contributed by atoms with E-state index in [0.717, 1.165) is 12.8 Å². The van der Waals surface area contributed by atoms with Crippen molar-refractivity contribution in [2.75, 3.05) is 0 Å². The Morgan fingerprint density at radius 3 is 2.64 bits per heavy atom. The minimum absolute atomic E-state index is 0.0205. The molecule has 2 aromatic carbocycles. The summed E-state index contributed by atoms with van der Waals surface area (Å²) in [6.45, 7) is 2.08. The molecule has 0 heterocycles. The maximum Gasteiger partial charge on any atom is 0.220 e. The molecule has 0 spiro atoms. The molecule has 1 amide bonds. The average molecular weight is 339 g/mol. The smallest absolute Gasteiger partial charge is 0.220 e. The molecule has 1 N–H and O–H groups in total. The summed E-state index contributed by atoms with van der Waals surface area (Å²) >= 11 is 0. The summed E-state index contributed by atoms with van der Waals surface area (Å²) in [6.07, 6.45) is 6.42. The number of hydrogen-bond acceptors (Lipinski definition) is 1. The van der Waals surface area contributed by atoms with Gasteiger partial charge in [0.2, 0.25) is 5.91 Å². The van der Waals surface area contributed by atoms with Crippen LogP contribution in [0.4, 0.5) is 4.39 Å². The van der Waals surface area contributed by atoms with Crippen LogP contribution in [0.3, 0.4) is 0 Å². The third-order valence-corrected chi connectivity index (χ3v) is 5.10. The highest BCUT2D eigenvalue weighted by molar-refractivity contribution is 5.76. The van der Waals surface area contributed by atoms with Crippen molar-refractivity contribution >= 4 is 5.91 Å². The van der Waals surface area contributed by atoms with Crippen molar-refractivity contribution in [2.45, 2.75) is 57.9 Å². The molecule has 0 bridgehead atoms. The van der Waals surface area contributed by atoms with Gasteiger partial charge in [0.1, 0.15) is 5.82 Å². The molecule has 3 heteroatoms. The van der Waals surface area contributed by atoms with Gasteiger partial charge in [0.25, 0.3) is 0 Å². The van der Waals surface area contributed by atoms with Crippen LogP contribution < -0.4 is 5.32 Å². The summed E-state index contributed by atoms with van der Waals surface area (Å²) in [5.41, 5.74) is 4.67. The molecule has 0 aliphatic heterocycles. The molecule has 0 aromatic heterocycles. The highest BCUT2D eigenvalue weighted by atomic mass is 19.1. The zero-order valence-electron chi connectivity index (χ0n) is 14.9. The molecule has 0 saturated carbocycles. The molecule has 0 saturated heterocycles. The number of rotatable bonds is 6. The average Bonchev–Trinajstić information content (AvgIpc) is 2.65. The van der Waals surface area contributed by atoms with E-state index in [-0.39, 0.29) is 17.8 Å². The van der Waals surface area contributed by atoms with Gasteiger partial charge in [-0.05, 0) is 66.8 Å². The van der Waals surface area contributed by atoms with Crippen LogP contribution in [0.25, 0.3) is 0 Å². The van der Waals surface area contributed by atoms with Gasteiger partial charge in [-0.3, -0.25) is 4.79 Å². The summed E-state index contributed by atoms with van der Waals surface area (Å²) in [5.74, 6) is -0.259. The Kier molecular flexibility index (Phi) is 5.85. The van der Waals surface area contributed by atoms with Crippen molar-refractivity contribution in [3.63, 3.8) is 0 Å². The van der Waals surface area contributed by atoms with Crippen molar-refractivity contribution in [1.29, 1.82) is 0 Å². The lowest BCUT2D eigenvalue weighted by atomic mass is 9.89. The van der Waals surface area contributed by atoms with Gasteiger partial charge in [0, 0.05) is 6.42 Å². The fourth-order valence-electron chi connectivity index (χ4n) is 3.61. The number of fused-ring (bicyclic) bond motifs is 1. The lowest BCUT2D eigenvalue weighted by molar-refractivity contribution is -0.121. The van der Waals surface area contributed by atoms with Crippen LogP contribution in [0.2, 0.25) is 0 Å². The van der Waals surface area contributed by atoms with Crippen LogP contribution in [0, 0.1) is 5.82 Å². The fourth-order valence-corrected chi connectivity index (χ4v) is 3.61. The van der Waals surface area contributed by atoms with E-state index in [1.165, 1.54) is 42.0 Å². The number of halogens is 1. The normalized spacial score (nSPS) is 14.6. The van der Waals surface area contributed by atoms with E-state index in [4.69, 9.17) is 0 Å². The second-order valence-electron chi connectivity index (χ2n) is 6.86. The molecule has 132 valence electrons. The molecule has 3 rings (SSSR count). The molecule has 2 aromatic rings. The van der Waals surface area contributed by atoms with Crippen LogP contribution in [-0.2, 0) is 24.1 Å². The van der Waals surface area contributed by atoms with E-state index < -0.39 is 0 Å². The lowest BCUT2D eigenvalue weighted by Gasteiger charge is -2.22. The molecule has 1 aliphatic rings. The molecule has 0 unspecified atom stereocenters. The van der Waals surface area contributed by atoms with E-state index in [1.54, 1.807) is 18.2 Å². The third-order valence-electron chi connectivity index (χ3n) is 5.10. The van der Waals surface area contributed by atoms with Gasteiger partial charge in [-0.15, -0.1) is 0 Å². The van der Waals surface area contributed by atoms with Gasteiger partial charge in [0.05, 0.1) is 6.04 Å². The predicted molar refractivity (Wildman–Crippen MR) is 99.0 cm³/mol. The number of hydrogen-bond donors (Lipinski definition) is 1. The van der Waals surface area contributed by atoms with E-state index >= 15 is 0 Å². The summed E-state index contributed by atoms with van der Waals surface area (Å²) in [6, 6.07) is 13.3. The summed E-state index contributed by atoms with van der Waals surface area (Å²) < 4.78 is 13.7. The first-order valence-electron chi connectivity index (χ1n) is 9.32. The maximum atomic E-state index is 13.7. The zero-order chi connectivity index (χ0) is 17.6. The van der Waals surface area contributed by atoms with Crippen LogP contribution in [0.5, 0.6) is 0 Å². The Balaban J connectivity index is 1.61. The van der Waals surface area contributed by atoms with Gasteiger partial charge in [-0.25, -0.2) is 4.39 Å². The van der Waals surface area contributed by atoms with Gasteiger partial charge in [-0.1, -0.05) is 43.3 Å². The first-order chi connectivity index (χ1) is 12.2. The summed E-state index contributed by atoms with van der Waals surface area (Å²) in [4.78, 5) is 12.3. The van der Waals surface area contributed by atoms with Crippen LogP contribution in [-0.4, -0.2) is 5.91 Å². The first kappa shape index (κ1) is 17.7. The summed E-state index contributed by atoms with van der Waals surface area (Å²) in [5, 5.41) is 3.12. The van der Waals surface area contributed by atoms with Crippen molar-refractivity contribution in [1.82, 2.24) is 5.32 Å². The molecule has 25 heavy (non-hydrogen) atoms. The van der Waals surface area contributed by atoms with E-state index in [9.17, 15) is 9.18 Å². The van der Waals surface area contributed by atoms with E-state index in [0.29, 0.717) is 18.4 Å². The third kappa shape index (κ3) is 4.47. The number of benzene rings is 2. The minimum Gasteiger partial charge on any atom is -0.349 e.